The Bertz CT molecular complexity index is 481. The molecule has 20 heavy (non-hydrogen) atoms. The first-order chi connectivity index (χ1) is 9.61. The van der Waals surface area contributed by atoms with Crippen LogP contribution in [0.25, 0.3) is 0 Å². The summed E-state index contributed by atoms with van der Waals surface area (Å²) in [5.41, 5.74) is 0. The summed E-state index contributed by atoms with van der Waals surface area (Å²) in [6.45, 7) is 4.99. The van der Waals surface area contributed by atoms with Gasteiger partial charge in [-0.1, -0.05) is 13.3 Å². The summed E-state index contributed by atoms with van der Waals surface area (Å²) >= 11 is 0. The van der Waals surface area contributed by atoms with Crippen molar-refractivity contribution in [1.29, 1.82) is 0 Å². The molecule has 2 rings (SSSR count). The Kier molecular flexibility index (Phi) is 4.82. The predicted octanol–water partition coefficient (Wildman–Crippen LogP) is 2.00. The van der Waals surface area contributed by atoms with Gasteiger partial charge in [-0.25, -0.2) is 0 Å². The standard InChI is InChI=1S/C15H22N2O3/c1-3-4-9-16-15(19)13-7-8-14(18)17(13)10-12-6-5-11(2)20-12/h5-6,13H,3-4,7-10H2,1-2H3,(H,16,19). The number of amides is 2. The highest BCUT2D eigenvalue weighted by atomic mass is 16.3. The Morgan fingerprint density at radius 2 is 2.30 bits per heavy atom. The van der Waals surface area contributed by atoms with Crippen molar-refractivity contribution >= 4 is 11.8 Å². The lowest BCUT2D eigenvalue weighted by Gasteiger charge is -2.23. The van der Waals surface area contributed by atoms with Crippen molar-refractivity contribution in [3.8, 4) is 0 Å². The van der Waals surface area contributed by atoms with E-state index in [0.717, 1.165) is 24.4 Å². The molecule has 2 heterocycles. The fraction of sp³-hybridized carbons (Fsp3) is 0.600. The highest BCUT2D eigenvalue weighted by Crippen LogP contribution is 2.22. The van der Waals surface area contributed by atoms with E-state index in [4.69, 9.17) is 4.42 Å². The van der Waals surface area contributed by atoms with E-state index >= 15 is 0 Å². The molecule has 1 fully saturated rings. The molecule has 0 aromatic carbocycles. The summed E-state index contributed by atoms with van der Waals surface area (Å²) in [4.78, 5) is 25.7. The number of nitrogens with zero attached hydrogens (tertiary/aromatic N) is 1. The van der Waals surface area contributed by atoms with Crippen LogP contribution in [-0.4, -0.2) is 29.3 Å². The van der Waals surface area contributed by atoms with Gasteiger partial charge < -0.3 is 14.6 Å². The molecule has 1 aliphatic heterocycles. The third-order valence-corrected chi connectivity index (χ3v) is 3.58. The number of unbranched alkanes of at least 4 members (excludes halogenated alkanes) is 1. The number of nitrogens with one attached hydrogen (secondary N) is 1. The summed E-state index contributed by atoms with van der Waals surface area (Å²) in [6.07, 6.45) is 3.03. The molecule has 5 heteroatoms. The van der Waals surface area contributed by atoms with Gasteiger partial charge in [0, 0.05) is 13.0 Å². The van der Waals surface area contributed by atoms with E-state index in [2.05, 4.69) is 12.2 Å². The maximum atomic E-state index is 12.1. The minimum Gasteiger partial charge on any atom is -0.464 e. The second kappa shape index (κ2) is 6.59. The highest BCUT2D eigenvalue weighted by Gasteiger charge is 2.36. The van der Waals surface area contributed by atoms with Crippen molar-refractivity contribution in [3.05, 3.63) is 23.7 Å². The van der Waals surface area contributed by atoms with Gasteiger partial charge in [-0.05, 0) is 31.9 Å². The molecule has 1 aliphatic rings. The van der Waals surface area contributed by atoms with E-state index in [0.29, 0.717) is 25.9 Å². The maximum absolute atomic E-state index is 12.1. The zero-order valence-electron chi connectivity index (χ0n) is 12.1. The lowest BCUT2D eigenvalue weighted by Crippen LogP contribution is -2.44. The van der Waals surface area contributed by atoms with Crippen molar-refractivity contribution in [2.24, 2.45) is 0 Å². The van der Waals surface area contributed by atoms with Gasteiger partial charge in [0.05, 0.1) is 6.54 Å². The third kappa shape index (κ3) is 3.40. The second-order valence-electron chi connectivity index (χ2n) is 5.23. The summed E-state index contributed by atoms with van der Waals surface area (Å²) in [6, 6.07) is 3.36. The van der Waals surface area contributed by atoms with Crippen LogP contribution in [-0.2, 0) is 16.1 Å². The molecule has 0 spiro atoms. The van der Waals surface area contributed by atoms with Crippen LogP contribution in [0.4, 0.5) is 0 Å². The molecule has 0 aliphatic carbocycles. The Hall–Kier alpha value is -1.78. The van der Waals surface area contributed by atoms with Crippen molar-refractivity contribution < 1.29 is 14.0 Å². The molecule has 110 valence electrons. The van der Waals surface area contributed by atoms with E-state index in [1.54, 1.807) is 4.90 Å². The molecule has 5 nitrogen and oxygen atoms in total. The van der Waals surface area contributed by atoms with E-state index < -0.39 is 0 Å². The summed E-state index contributed by atoms with van der Waals surface area (Å²) in [5.74, 6) is 1.52. The fourth-order valence-corrected chi connectivity index (χ4v) is 2.45. The molecular weight excluding hydrogens is 256 g/mol. The molecule has 1 aromatic rings. The molecule has 1 unspecified atom stereocenters. The Morgan fingerprint density at radius 1 is 1.50 bits per heavy atom. The smallest absolute Gasteiger partial charge is 0.242 e. The molecule has 0 radical (unpaired) electrons. The fourth-order valence-electron chi connectivity index (χ4n) is 2.45. The lowest BCUT2D eigenvalue weighted by atomic mass is 10.2. The van der Waals surface area contributed by atoms with E-state index in [9.17, 15) is 9.59 Å². The number of aryl methyl sites for hydroxylation is 1. The third-order valence-electron chi connectivity index (χ3n) is 3.58. The topological polar surface area (TPSA) is 62.6 Å². The van der Waals surface area contributed by atoms with Crippen LogP contribution >= 0.6 is 0 Å². The SMILES string of the molecule is CCCCNC(=O)C1CCC(=O)N1Cc1ccc(C)o1. The summed E-state index contributed by atoms with van der Waals surface area (Å²) < 4.78 is 5.49. The largest absolute Gasteiger partial charge is 0.464 e. The van der Waals surface area contributed by atoms with Crippen molar-refractivity contribution in [1.82, 2.24) is 10.2 Å². The van der Waals surface area contributed by atoms with Gasteiger partial charge >= 0.3 is 0 Å². The zero-order chi connectivity index (χ0) is 14.5. The van der Waals surface area contributed by atoms with Crippen molar-refractivity contribution in [3.63, 3.8) is 0 Å². The van der Waals surface area contributed by atoms with Crippen LogP contribution in [0.1, 0.15) is 44.1 Å². The van der Waals surface area contributed by atoms with E-state index in [-0.39, 0.29) is 17.9 Å². The van der Waals surface area contributed by atoms with Crippen LogP contribution in [0.5, 0.6) is 0 Å². The molecule has 1 atom stereocenters. The molecule has 0 bridgehead atoms. The quantitative estimate of drug-likeness (QED) is 0.809. The van der Waals surface area contributed by atoms with Crippen LogP contribution < -0.4 is 5.32 Å². The molecule has 1 saturated heterocycles. The van der Waals surface area contributed by atoms with Crippen molar-refractivity contribution in [2.75, 3.05) is 6.54 Å². The van der Waals surface area contributed by atoms with E-state index in [1.165, 1.54) is 0 Å². The molecular formula is C15H22N2O3. The number of likely N-dealkylation sites (tertiary alicyclic amines) is 1. The summed E-state index contributed by atoms with van der Waals surface area (Å²) in [7, 11) is 0. The molecule has 2 amide bonds. The van der Waals surface area contributed by atoms with Gasteiger partial charge in [0.1, 0.15) is 17.6 Å². The Labute approximate surface area is 119 Å². The number of furan rings is 1. The zero-order valence-corrected chi connectivity index (χ0v) is 12.1. The average molecular weight is 278 g/mol. The van der Waals surface area contributed by atoms with E-state index in [1.807, 2.05) is 19.1 Å². The van der Waals surface area contributed by atoms with Crippen LogP contribution in [0, 0.1) is 6.92 Å². The lowest BCUT2D eigenvalue weighted by molar-refractivity contribution is -0.136. The average Bonchev–Trinajstić information content (AvgIpc) is 2.98. The number of hydrogen-bond donors (Lipinski definition) is 1. The number of carbonyl (C=O) groups is 2. The van der Waals surface area contributed by atoms with Crippen LogP contribution in [0.3, 0.4) is 0 Å². The number of hydrogen-bond acceptors (Lipinski definition) is 3. The van der Waals surface area contributed by atoms with Gasteiger partial charge in [0.15, 0.2) is 0 Å². The maximum Gasteiger partial charge on any atom is 0.242 e. The highest BCUT2D eigenvalue weighted by molar-refractivity contribution is 5.90. The van der Waals surface area contributed by atoms with Crippen LogP contribution in [0.15, 0.2) is 16.5 Å². The minimum absolute atomic E-state index is 0.0229. The number of rotatable bonds is 6. The first-order valence-electron chi connectivity index (χ1n) is 7.24. The molecule has 0 saturated carbocycles. The van der Waals surface area contributed by atoms with Gasteiger partial charge in [0.25, 0.3) is 0 Å². The predicted molar refractivity (Wildman–Crippen MR) is 74.9 cm³/mol. The monoisotopic (exact) mass is 278 g/mol. The van der Waals surface area contributed by atoms with Gasteiger partial charge in [-0.3, -0.25) is 9.59 Å². The summed E-state index contributed by atoms with van der Waals surface area (Å²) in [5, 5.41) is 2.90. The van der Waals surface area contributed by atoms with Crippen LogP contribution in [0.2, 0.25) is 0 Å². The first-order valence-corrected chi connectivity index (χ1v) is 7.24. The van der Waals surface area contributed by atoms with Crippen molar-refractivity contribution in [2.45, 2.75) is 52.1 Å². The normalized spacial score (nSPS) is 18.6. The number of carbonyl (C=O) groups excluding carboxylic acids is 2. The minimum atomic E-state index is -0.357. The molecule has 1 N–H and O–H groups in total. The van der Waals surface area contributed by atoms with Gasteiger partial charge in [0.2, 0.25) is 11.8 Å². The van der Waals surface area contributed by atoms with Gasteiger partial charge in [-0.15, -0.1) is 0 Å². The second-order valence-corrected chi connectivity index (χ2v) is 5.23. The molecule has 1 aromatic heterocycles. The van der Waals surface area contributed by atoms with Gasteiger partial charge in [-0.2, -0.15) is 0 Å². The first kappa shape index (κ1) is 14.6. The Morgan fingerprint density at radius 3 is 2.95 bits per heavy atom. The Balaban J connectivity index is 1.97.